The highest BCUT2D eigenvalue weighted by molar-refractivity contribution is 8.46. The number of nitrogens with zero attached hydrogens (tertiary/aromatic N) is 1. The van der Waals surface area contributed by atoms with Crippen molar-refractivity contribution in [3.05, 3.63) is 68.9 Å². The topological polar surface area (TPSA) is 3.24 Å². The zero-order chi connectivity index (χ0) is 10.8. The van der Waals surface area contributed by atoms with Gasteiger partial charge in [0.2, 0.25) is 0 Å². The molecule has 0 aliphatic carbocycles. The highest BCUT2D eigenvalue weighted by atomic mass is 32.3. The fourth-order valence-corrected chi connectivity index (χ4v) is 9.37. The lowest BCUT2D eigenvalue weighted by Crippen LogP contribution is -2.05. The Kier molecular flexibility index (Phi) is 3.15. The molecular weight excluding hydrogens is 254 g/mol. The summed E-state index contributed by atoms with van der Waals surface area (Å²) >= 11 is -0.617. The molecule has 4 heteroatoms. The molecule has 0 fully saturated rings. The van der Waals surface area contributed by atoms with E-state index in [4.69, 9.17) is 0 Å². The second-order valence-corrected chi connectivity index (χ2v) is 9.67. The van der Waals surface area contributed by atoms with Crippen LogP contribution in [0.5, 0.6) is 0 Å². The molecule has 0 saturated carbocycles. The van der Waals surface area contributed by atoms with Crippen LogP contribution in [0.4, 0.5) is 0 Å². The van der Waals surface area contributed by atoms with Gasteiger partial charge in [-0.05, 0) is 32.4 Å². The number of hydrogen-bond acceptors (Lipinski definition) is 1. The molecule has 0 aromatic rings. The van der Waals surface area contributed by atoms with Crippen molar-refractivity contribution in [3.63, 3.8) is 0 Å². The van der Waals surface area contributed by atoms with E-state index >= 15 is 0 Å². The van der Waals surface area contributed by atoms with Gasteiger partial charge in [0, 0.05) is 0 Å². The molecule has 3 rings (SSSR count). The first kappa shape index (κ1) is 10.6. The molecule has 0 amide bonds. The molecular formula is C12H15NS3. The molecule has 3 heterocycles. The van der Waals surface area contributed by atoms with Crippen LogP contribution in [0.2, 0.25) is 0 Å². The van der Waals surface area contributed by atoms with Crippen molar-refractivity contribution < 1.29 is 0 Å². The number of thiol groups is 3. The Bertz CT molecular complexity index is 343. The van der Waals surface area contributed by atoms with Gasteiger partial charge in [0.1, 0.15) is 0 Å². The van der Waals surface area contributed by atoms with Crippen LogP contribution >= 0.6 is 33.2 Å². The second-order valence-electron chi connectivity index (χ2n) is 3.46. The Hall–Kier alpha value is -0.550. The van der Waals surface area contributed by atoms with Crippen molar-refractivity contribution in [3.8, 4) is 0 Å². The first-order valence-electron chi connectivity index (χ1n) is 5.15. The Balaban J connectivity index is 1.87. The third kappa shape index (κ3) is 1.98. The van der Waals surface area contributed by atoms with Crippen molar-refractivity contribution in [1.29, 1.82) is 0 Å². The van der Waals surface area contributed by atoms with Crippen molar-refractivity contribution in [1.82, 2.24) is 3.12 Å². The molecule has 0 N–H and O–H groups in total. The van der Waals surface area contributed by atoms with Crippen molar-refractivity contribution >= 4 is 33.2 Å². The molecule has 0 unspecified atom stereocenters. The molecule has 0 aromatic heterocycles. The highest BCUT2D eigenvalue weighted by Crippen LogP contribution is 2.62. The Labute approximate surface area is 105 Å². The first-order chi connectivity index (χ1) is 7.95. The molecule has 3 aliphatic heterocycles. The Morgan fingerprint density at radius 2 is 0.688 bits per heavy atom. The van der Waals surface area contributed by atoms with E-state index in [0.29, 0.717) is 0 Å². The first-order valence-corrected chi connectivity index (χ1v) is 9.45. The average molecular weight is 269 g/mol. The zero-order valence-electron chi connectivity index (χ0n) is 8.72. The third-order valence-electron chi connectivity index (χ3n) is 2.39. The van der Waals surface area contributed by atoms with E-state index in [1.807, 2.05) is 0 Å². The summed E-state index contributed by atoms with van der Waals surface area (Å²) in [7, 11) is 0. The van der Waals surface area contributed by atoms with Crippen LogP contribution in [0.3, 0.4) is 0 Å². The maximum Gasteiger partial charge on any atom is -0.0314 e. The van der Waals surface area contributed by atoms with Crippen LogP contribution in [0.15, 0.2) is 68.9 Å². The fraction of sp³-hybridized carbons (Fsp3) is 0. The number of allylic oxidation sites excluding steroid dienone is 6. The van der Waals surface area contributed by atoms with E-state index in [-0.39, 0.29) is 33.2 Å². The zero-order valence-corrected chi connectivity index (χ0v) is 11.4. The smallest absolute Gasteiger partial charge is 0.0314 e. The van der Waals surface area contributed by atoms with Gasteiger partial charge in [0.15, 0.2) is 0 Å². The monoisotopic (exact) mass is 269 g/mol. The largest absolute Gasteiger partial charge is 0.180 e. The van der Waals surface area contributed by atoms with Crippen LogP contribution < -0.4 is 0 Å². The summed E-state index contributed by atoms with van der Waals surface area (Å²) in [6.45, 7) is 0. The maximum absolute atomic E-state index is 2.69. The van der Waals surface area contributed by atoms with Gasteiger partial charge in [-0.25, -0.2) is 0 Å². The van der Waals surface area contributed by atoms with Gasteiger partial charge >= 0.3 is 0 Å². The lowest BCUT2D eigenvalue weighted by molar-refractivity contribution is 1.28. The predicted molar refractivity (Wildman–Crippen MR) is 83.6 cm³/mol. The Morgan fingerprint density at radius 1 is 0.438 bits per heavy atom. The van der Waals surface area contributed by atoms with E-state index in [0.717, 1.165) is 0 Å². The van der Waals surface area contributed by atoms with Crippen LogP contribution in [-0.2, 0) is 0 Å². The average Bonchev–Trinajstić information content (AvgIpc) is 3.02. The molecule has 16 heavy (non-hydrogen) atoms. The lowest BCUT2D eigenvalue weighted by Gasteiger charge is -2.39. The normalized spacial score (nSPS) is 27.2. The lowest BCUT2D eigenvalue weighted by atomic mass is 10.6. The van der Waals surface area contributed by atoms with Crippen LogP contribution in [-0.4, -0.2) is 3.12 Å². The molecule has 1 nitrogen and oxygen atoms in total. The summed E-state index contributed by atoms with van der Waals surface area (Å²) < 4.78 is 2.69. The number of hydrogen-bond donors (Lipinski definition) is 3. The molecule has 3 aliphatic rings. The molecule has 0 saturated heterocycles. The molecule has 0 atom stereocenters. The number of rotatable bonds is 3. The van der Waals surface area contributed by atoms with Gasteiger partial charge in [-0.2, -0.15) is 3.12 Å². The minimum atomic E-state index is -0.206. The second kappa shape index (κ2) is 4.75. The van der Waals surface area contributed by atoms with Gasteiger partial charge in [0.25, 0.3) is 0 Å². The van der Waals surface area contributed by atoms with E-state index < -0.39 is 0 Å². The SMILES string of the molecule is C1=C[SH](N([SH]2C=CC=C2)[SH]2C=CC=C2)C=C1. The van der Waals surface area contributed by atoms with Crippen LogP contribution in [0, 0.1) is 0 Å². The van der Waals surface area contributed by atoms with E-state index in [2.05, 4.69) is 72.0 Å². The minimum Gasteiger partial charge on any atom is -0.180 e. The van der Waals surface area contributed by atoms with Crippen molar-refractivity contribution in [2.45, 2.75) is 0 Å². The van der Waals surface area contributed by atoms with Crippen LogP contribution in [0.25, 0.3) is 0 Å². The summed E-state index contributed by atoms with van der Waals surface area (Å²) in [5.74, 6) is 0. The maximum atomic E-state index is 2.69. The third-order valence-corrected chi connectivity index (χ3v) is 10.2. The van der Waals surface area contributed by atoms with E-state index in [1.54, 1.807) is 0 Å². The van der Waals surface area contributed by atoms with Crippen LogP contribution in [0.1, 0.15) is 0 Å². The van der Waals surface area contributed by atoms with Gasteiger partial charge in [-0.15, -0.1) is 33.2 Å². The standard InChI is InChI=1S/C12H15NS3/c1-2-8-14(7-1)13(15-9-3-4-10-15)16-11-5-6-12-16/h1-12,14-16H. The summed E-state index contributed by atoms with van der Waals surface area (Å²) in [5.41, 5.74) is 0. The molecule has 0 radical (unpaired) electrons. The summed E-state index contributed by atoms with van der Waals surface area (Å²) in [5, 5.41) is 14.1. The minimum absolute atomic E-state index is 0.206. The summed E-state index contributed by atoms with van der Waals surface area (Å²) in [4.78, 5) is 0. The fourth-order valence-electron chi connectivity index (χ4n) is 1.69. The van der Waals surface area contributed by atoms with Gasteiger partial charge in [0.05, 0.1) is 0 Å². The summed E-state index contributed by atoms with van der Waals surface area (Å²) in [6, 6.07) is 0. The predicted octanol–water partition coefficient (Wildman–Crippen LogP) is 4.16. The highest BCUT2D eigenvalue weighted by Gasteiger charge is 2.21. The van der Waals surface area contributed by atoms with Crippen molar-refractivity contribution in [2.75, 3.05) is 0 Å². The van der Waals surface area contributed by atoms with E-state index in [9.17, 15) is 0 Å². The van der Waals surface area contributed by atoms with E-state index in [1.165, 1.54) is 0 Å². The summed E-state index contributed by atoms with van der Waals surface area (Å²) in [6.07, 6.45) is 13.1. The van der Waals surface area contributed by atoms with Gasteiger partial charge in [-0.1, -0.05) is 36.5 Å². The molecule has 0 bridgehead atoms. The molecule has 0 aromatic carbocycles. The molecule has 86 valence electrons. The quantitative estimate of drug-likeness (QED) is 0.649. The molecule has 0 spiro atoms. The van der Waals surface area contributed by atoms with Gasteiger partial charge in [-0.3, -0.25) is 0 Å². The Morgan fingerprint density at radius 3 is 0.938 bits per heavy atom. The van der Waals surface area contributed by atoms with Crippen molar-refractivity contribution in [2.24, 2.45) is 0 Å². The van der Waals surface area contributed by atoms with Gasteiger partial charge < -0.3 is 0 Å².